The minimum absolute atomic E-state index is 0.647. The lowest BCUT2D eigenvalue weighted by molar-refractivity contribution is -0.156. The molecule has 0 aromatic rings. The summed E-state index contributed by atoms with van der Waals surface area (Å²) in [6, 6.07) is -0.982. The molecule has 0 spiro atoms. The van der Waals surface area contributed by atoms with Gasteiger partial charge in [0.2, 0.25) is 0 Å². The van der Waals surface area contributed by atoms with Crippen molar-refractivity contribution in [1.29, 1.82) is 0 Å². The Labute approximate surface area is 84.0 Å². The van der Waals surface area contributed by atoms with Gasteiger partial charge in [-0.3, -0.25) is 4.79 Å². The zero-order valence-electron chi connectivity index (χ0n) is 8.70. The molecule has 0 aliphatic heterocycles. The summed E-state index contributed by atoms with van der Waals surface area (Å²) in [5.74, 6) is -0.661. The van der Waals surface area contributed by atoms with Crippen molar-refractivity contribution >= 4 is 16.2 Å². The van der Waals surface area contributed by atoms with Crippen LogP contribution in [0.15, 0.2) is 0 Å². The number of esters is 1. The number of hydrogen-bond donors (Lipinski definition) is 2. The van der Waals surface area contributed by atoms with E-state index in [1.165, 1.54) is 6.92 Å². The molecule has 84 valence electrons. The van der Waals surface area contributed by atoms with Crippen molar-refractivity contribution < 1.29 is 17.9 Å². The van der Waals surface area contributed by atoms with E-state index in [0.717, 1.165) is 0 Å². The van der Waals surface area contributed by atoms with E-state index < -0.39 is 27.8 Å². The third-order valence-corrected chi connectivity index (χ3v) is 1.78. The van der Waals surface area contributed by atoms with Crippen LogP contribution in [0.2, 0.25) is 0 Å². The maximum absolute atomic E-state index is 11.2. The monoisotopic (exact) mass is 224 g/mol. The van der Waals surface area contributed by atoms with Gasteiger partial charge in [-0.1, -0.05) is 0 Å². The second-order valence-electron chi connectivity index (χ2n) is 3.92. The van der Waals surface area contributed by atoms with Crippen LogP contribution in [0.1, 0.15) is 27.7 Å². The fourth-order valence-corrected chi connectivity index (χ4v) is 1.27. The number of hydrogen-bond acceptors (Lipinski definition) is 4. The molecule has 0 aromatic carbocycles. The van der Waals surface area contributed by atoms with Crippen molar-refractivity contribution in [1.82, 2.24) is 4.72 Å². The van der Waals surface area contributed by atoms with Gasteiger partial charge < -0.3 is 4.74 Å². The van der Waals surface area contributed by atoms with Crippen molar-refractivity contribution in [2.75, 3.05) is 0 Å². The van der Waals surface area contributed by atoms with Gasteiger partial charge in [0, 0.05) is 0 Å². The third-order valence-electron chi connectivity index (χ3n) is 1.10. The first-order valence-corrected chi connectivity index (χ1v) is 5.59. The maximum Gasteiger partial charge on any atom is 0.324 e. The second kappa shape index (κ2) is 4.24. The van der Waals surface area contributed by atoms with Crippen LogP contribution in [0.5, 0.6) is 0 Å². The summed E-state index contributed by atoms with van der Waals surface area (Å²) in [7, 11) is -3.87. The van der Waals surface area contributed by atoms with E-state index in [-0.39, 0.29) is 0 Å². The van der Waals surface area contributed by atoms with Gasteiger partial charge in [-0.15, -0.1) is 0 Å². The summed E-state index contributed by atoms with van der Waals surface area (Å²) in [5, 5.41) is 4.69. The van der Waals surface area contributed by atoms with Crippen molar-refractivity contribution in [2.45, 2.75) is 39.3 Å². The molecule has 6 nitrogen and oxygen atoms in total. The van der Waals surface area contributed by atoms with Gasteiger partial charge in [-0.25, -0.2) is 5.14 Å². The van der Waals surface area contributed by atoms with Crippen LogP contribution in [-0.2, 0) is 19.7 Å². The fourth-order valence-electron chi connectivity index (χ4n) is 0.685. The molecule has 0 unspecified atom stereocenters. The molecule has 0 bridgehead atoms. The van der Waals surface area contributed by atoms with Gasteiger partial charge in [0.25, 0.3) is 10.2 Å². The highest BCUT2D eigenvalue weighted by molar-refractivity contribution is 7.87. The SMILES string of the molecule is C[C@H](NS(N)(=O)=O)C(=O)OC(C)(C)C. The number of nitrogens with two attached hydrogens (primary N) is 1. The molecular weight excluding hydrogens is 208 g/mol. The van der Waals surface area contributed by atoms with Crippen molar-refractivity contribution in [3.8, 4) is 0 Å². The Balaban J connectivity index is 4.29. The first kappa shape index (κ1) is 13.3. The Morgan fingerprint density at radius 3 is 2.14 bits per heavy atom. The number of rotatable bonds is 3. The smallest absolute Gasteiger partial charge is 0.324 e. The number of carbonyl (C=O) groups excluding carboxylic acids is 1. The van der Waals surface area contributed by atoms with Gasteiger partial charge in [-0.2, -0.15) is 13.1 Å². The highest BCUT2D eigenvalue weighted by Gasteiger charge is 2.23. The average Bonchev–Trinajstić information content (AvgIpc) is 1.78. The lowest BCUT2D eigenvalue weighted by Crippen LogP contribution is -2.44. The van der Waals surface area contributed by atoms with E-state index in [1.54, 1.807) is 20.8 Å². The zero-order valence-corrected chi connectivity index (χ0v) is 9.51. The van der Waals surface area contributed by atoms with Crippen molar-refractivity contribution in [3.63, 3.8) is 0 Å². The molecule has 0 saturated carbocycles. The molecule has 0 amide bonds. The number of ether oxygens (including phenoxy) is 1. The van der Waals surface area contributed by atoms with E-state index in [9.17, 15) is 13.2 Å². The molecule has 14 heavy (non-hydrogen) atoms. The minimum atomic E-state index is -3.87. The lowest BCUT2D eigenvalue weighted by atomic mass is 10.2. The highest BCUT2D eigenvalue weighted by atomic mass is 32.2. The molecule has 0 rings (SSSR count). The Morgan fingerprint density at radius 2 is 1.86 bits per heavy atom. The quantitative estimate of drug-likeness (QED) is 0.632. The van der Waals surface area contributed by atoms with E-state index in [1.807, 2.05) is 4.72 Å². The van der Waals surface area contributed by atoms with Crippen LogP contribution >= 0.6 is 0 Å². The van der Waals surface area contributed by atoms with E-state index >= 15 is 0 Å². The van der Waals surface area contributed by atoms with E-state index in [2.05, 4.69) is 0 Å². The first-order valence-electron chi connectivity index (χ1n) is 4.04. The van der Waals surface area contributed by atoms with Gasteiger partial charge in [0.1, 0.15) is 11.6 Å². The largest absolute Gasteiger partial charge is 0.459 e. The lowest BCUT2D eigenvalue weighted by Gasteiger charge is -2.22. The molecule has 0 aliphatic rings. The highest BCUT2D eigenvalue weighted by Crippen LogP contribution is 2.08. The summed E-state index contributed by atoms with van der Waals surface area (Å²) in [5.41, 5.74) is -0.647. The molecule has 7 heteroatoms. The van der Waals surface area contributed by atoms with Crippen LogP contribution in [0.3, 0.4) is 0 Å². The van der Waals surface area contributed by atoms with Gasteiger partial charge in [0.05, 0.1) is 0 Å². The number of carbonyl (C=O) groups is 1. The summed E-state index contributed by atoms with van der Waals surface area (Å²) in [4.78, 5) is 11.2. The van der Waals surface area contributed by atoms with Crippen LogP contribution < -0.4 is 9.86 Å². The van der Waals surface area contributed by atoms with Crippen LogP contribution in [0.4, 0.5) is 0 Å². The van der Waals surface area contributed by atoms with E-state index in [0.29, 0.717) is 0 Å². The predicted molar refractivity (Wildman–Crippen MR) is 51.5 cm³/mol. The number of nitrogens with one attached hydrogen (secondary N) is 1. The Morgan fingerprint density at radius 1 is 1.43 bits per heavy atom. The van der Waals surface area contributed by atoms with Gasteiger partial charge in [-0.05, 0) is 27.7 Å². The summed E-state index contributed by atoms with van der Waals surface area (Å²) in [6.07, 6.45) is 0. The van der Waals surface area contributed by atoms with Crippen LogP contribution in [0.25, 0.3) is 0 Å². The minimum Gasteiger partial charge on any atom is -0.459 e. The van der Waals surface area contributed by atoms with E-state index in [4.69, 9.17) is 9.88 Å². The topological polar surface area (TPSA) is 98.5 Å². The zero-order chi connectivity index (χ0) is 11.6. The molecule has 0 radical (unpaired) electrons. The Hall–Kier alpha value is -0.660. The molecule has 3 N–H and O–H groups in total. The fraction of sp³-hybridized carbons (Fsp3) is 0.857. The van der Waals surface area contributed by atoms with Crippen molar-refractivity contribution in [3.05, 3.63) is 0 Å². The third kappa shape index (κ3) is 6.81. The summed E-state index contributed by atoms with van der Waals surface area (Å²) < 4.78 is 28.0. The summed E-state index contributed by atoms with van der Waals surface area (Å²) >= 11 is 0. The molecule has 0 fully saturated rings. The first-order chi connectivity index (χ1) is 6.01. The van der Waals surface area contributed by atoms with Gasteiger partial charge in [0.15, 0.2) is 0 Å². The Bertz CT molecular complexity index is 304. The molecular formula is C7H16N2O4S. The van der Waals surface area contributed by atoms with Gasteiger partial charge >= 0.3 is 5.97 Å². The molecule has 0 aliphatic carbocycles. The molecule has 0 aromatic heterocycles. The molecule has 1 atom stereocenters. The van der Waals surface area contributed by atoms with Crippen molar-refractivity contribution in [2.24, 2.45) is 5.14 Å². The summed E-state index contributed by atoms with van der Waals surface area (Å²) in [6.45, 7) is 6.43. The molecule has 0 heterocycles. The van der Waals surface area contributed by atoms with Crippen LogP contribution in [0, 0.1) is 0 Å². The second-order valence-corrected chi connectivity index (χ2v) is 5.24. The normalized spacial score (nSPS) is 14.9. The molecule has 0 saturated heterocycles. The maximum atomic E-state index is 11.2. The Kier molecular flexibility index (Phi) is 4.04. The predicted octanol–water partition coefficient (Wildman–Crippen LogP) is -0.490. The average molecular weight is 224 g/mol. The van der Waals surface area contributed by atoms with Crippen LogP contribution in [-0.4, -0.2) is 26.0 Å². The standard InChI is InChI=1S/C7H16N2O4S/c1-5(9-14(8,11)12)6(10)13-7(2,3)4/h5,9H,1-4H3,(H2,8,11,12)/t5-/m0/s1.